The number of aryl methyl sites for hydroxylation is 2. The van der Waals surface area contributed by atoms with Crippen molar-refractivity contribution in [2.45, 2.75) is 53.4 Å². The quantitative estimate of drug-likeness (QED) is 0.709. The highest BCUT2D eigenvalue weighted by molar-refractivity contribution is 5.97. The maximum atomic E-state index is 12.2. The minimum absolute atomic E-state index is 0.209. The monoisotopic (exact) mass is 234 g/mol. The zero-order valence-electron chi connectivity index (χ0n) is 11.3. The molecule has 0 saturated carbocycles. The van der Waals surface area contributed by atoms with Gasteiger partial charge in [-0.1, -0.05) is 33.6 Å². The van der Waals surface area contributed by atoms with Crippen LogP contribution in [0.5, 0.6) is 0 Å². The van der Waals surface area contributed by atoms with Gasteiger partial charge in [-0.3, -0.25) is 4.79 Å². The van der Waals surface area contributed by atoms with Gasteiger partial charge in [0.15, 0.2) is 5.78 Å². The van der Waals surface area contributed by atoms with E-state index in [-0.39, 0.29) is 5.78 Å². The summed E-state index contributed by atoms with van der Waals surface area (Å²) >= 11 is 0. The van der Waals surface area contributed by atoms with E-state index in [9.17, 15) is 4.79 Å². The Morgan fingerprint density at radius 2 is 2.06 bits per heavy atom. The summed E-state index contributed by atoms with van der Waals surface area (Å²) in [5.74, 6) is 0.659. The Labute approximate surface area is 104 Å². The van der Waals surface area contributed by atoms with E-state index in [1.54, 1.807) is 0 Å². The first-order valence-electron chi connectivity index (χ1n) is 6.44. The molecule has 1 aromatic rings. The van der Waals surface area contributed by atoms with Crippen molar-refractivity contribution < 1.29 is 4.79 Å². The maximum absolute atomic E-state index is 12.2. The van der Waals surface area contributed by atoms with Crippen LogP contribution in [0.2, 0.25) is 0 Å². The summed E-state index contributed by atoms with van der Waals surface area (Å²) < 4.78 is 0. The van der Waals surface area contributed by atoms with Crippen LogP contribution in [0.1, 0.15) is 61.8 Å². The van der Waals surface area contributed by atoms with Crippen molar-refractivity contribution in [3.05, 3.63) is 23.0 Å². The highest BCUT2D eigenvalue weighted by Crippen LogP contribution is 2.16. The van der Waals surface area contributed by atoms with Gasteiger partial charge in [0, 0.05) is 12.0 Å². The molecule has 1 rings (SSSR count). The van der Waals surface area contributed by atoms with E-state index in [0.717, 1.165) is 36.2 Å². The van der Waals surface area contributed by atoms with Crippen molar-refractivity contribution in [3.8, 4) is 0 Å². The first-order chi connectivity index (χ1) is 8.08. The highest BCUT2D eigenvalue weighted by atomic mass is 16.1. The molecule has 1 heterocycles. The van der Waals surface area contributed by atoms with E-state index >= 15 is 0 Å². The molecule has 0 saturated heterocycles. The lowest BCUT2D eigenvalue weighted by Crippen LogP contribution is -2.11. The third-order valence-corrected chi connectivity index (χ3v) is 2.94. The van der Waals surface area contributed by atoms with Crippen molar-refractivity contribution >= 4 is 5.78 Å². The average molecular weight is 234 g/mol. The second-order valence-electron chi connectivity index (χ2n) is 4.72. The topological polar surface area (TPSA) is 42.9 Å². The van der Waals surface area contributed by atoms with Gasteiger partial charge in [-0.25, -0.2) is 0 Å². The molecule has 0 amide bonds. The molecular formula is C14H22N2O. The highest BCUT2D eigenvalue weighted by Gasteiger charge is 2.15. The lowest BCUT2D eigenvalue weighted by molar-refractivity contribution is 0.0961. The Morgan fingerprint density at radius 3 is 2.65 bits per heavy atom. The number of nitrogens with zero attached hydrogens (tertiary/aromatic N) is 2. The molecule has 0 radical (unpaired) electrons. The molecule has 0 aliphatic carbocycles. The SMILES string of the molecule is CCCC(C)CC(=O)c1cc(C)nnc1CC. The molecule has 1 aromatic heterocycles. The van der Waals surface area contributed by atoms with Crippen LogP contribution < -0.4 is 0 Å². The summed E-state index contributed by atoms with van der Waals surface area (Å²) in [6.45, 7) is 8.16. The number of ketones is 1. The van der Waals surface area contributed by atoms with Crippen LogP contribution in [0, 0.1) is 12.8 Å². The summed E-state index contributed by atoms with van der Waals surface area (Å²) in [5, 5.41) is 8.11. The smallest absolute Gasteiger partial charge is 0.165 e. The fourth-order valence-corrected chi connectivity index (χ4v) is 2.04. The van der Waals surface area contributed by atoms with E-state index in [1.807, 2.05) is 19.9 Å². The van der Waals surface area contributed by atoms with Gasteiger partial charge in [0.2, 0.25) is 0 Å². The molecule has 0 N–H and O–H groups in total. The Hall–Kier alpha value is -1.25. The third-order valence-electron chi connectivity index (χ3n) is 2.94. The number of aromatic nitrogens is 2. The van der Waals surface area contributed by atoms with Gasteiger partial charge >= 0.3 is 0 Å². The van der Waals surface area contributed by atoms with Crippen LogP contribution in [0.15, 0.2) is 6.07 Å². The molecule has 0 fully saturated rings. The fourth-order valence-electron chi connectivity index (χ4n) is 2.04. The Balaban J connectivity index is 2.83. The zero-order chi connectivity index (χ0) is 12.8. The van der Waals surface area contributed by atoms with Gasteiger partial charge in [0.1, 0.15) is 0 Å². The molecule has 0 aromatic carbocycles. The molecule has 0 aliphatic heterocycles. The molecule has 0 aliphatic rings. The van der Waals surface area contributed by atoms with Crippen molar-refractivity contribution in [3.63, 3.8) is 0 Å². The number of carbonyl (C=O) groups excluding carboxylic acids is 1. The Morgan fingerprint density at radius 1 is 1.35 bits per heavy atom. The van der Waals surface area contributed by atoms with Crippen LogP contribution in [0.25, 0.3) is 0 Å². The fraction of sp³-hybridized carbons (Fsp3) is 0.643. The first kappa shape index (κ1) is 13.8. The predicted molar refractivity (Wildman–Crippen MR) is 69.2 cm³/mol. The summed E-state index contributed by atoms with van der Waals surface area (Å²) in [6, 6.07) is 1.87. The Bertz CT molecular complexity index is 388. The summed E-state index contributed by atoms with van der Waals surface area (Å²) in [5.41, 5.74) is 2.40. The number of carbonyl (C=O) groups is 1. The van der Waals surface area contributed by atoms with Crippen LogP contribution in [0.3, 0.4) is 0 Å². The molecule has 0 bridgehead atoms. The van der Waals surface area contributed by atoms with E-state index < -0.39 is 0 Å². The number of Topliss-reactive ketones (excluding diaryl/α,β-unsaturated/α-hetero) is 1. The minimum Gasteiger partial charge on any atom is -0.294 e. The number of hydrogen-bond donors (Lipinski definition) is 0. The molecule has 1 atom stereocenters. The average Bonchev–Trinajstić information content (AvgIpc) is 2.29. The molecule has 1 unspecified atom stereocenters. The molecule has 17 heavy (non-hydrogen) atoms. The lowest BCUT2D eigenvalue weighted by Gasteiger charge is -2.10. The van der Waals surface area contributed by atoms with Gasteiger partial charge in [-0.15, -0.1) is 0 Å². The third kappa shape index (κ3) is 3.91. The number of rotatable bonds is 6. The molecule has 0 spiro atoms. The maximum Gasteiger partial charge on any atom is 0.165 e. The first-order valence-corrected chi connectivity index (χ1v) is 6.44. The van der Waals surface area contributed by atoms with Gasteiger partial charge in [-0.2, -0.15) is 10.2 Å². The van der Waals surface area contributed by atoms with Crippen molar-refractivity contribution in [2.75, 3.05) is 0 Å². The number of hydrogen-bond acceptors (Lipinski definition) is 3. The van der Waals surface area contributed by atoms with E-state index in [4.69, 9.17) is 0 Å². The van der Waals surface area contributed by atoms with E-state index in [0.29, 0.717) is 12.3 Å². The van der Waals surface area contributed by atoms with Crippen molar-refractivity contribution in [1.82, 2.24) is 10.2 Å². The molecule has 3 nitrogen and oxygen atoms in total. The molecular weight excluding hydrogens is 212 g/mol. The molecule has 94 valence electrons. The van der Waals surface area contributed by atoms with Gasteiger partial charge in [-0.05, 0) is 25.3 Å². The van der Waals surface area contributed by atoms with Gasteiger partial charge in [0.25, 0.3) is 0 Å². The zero-order valence-corrected chi connectivity index (χ0v) is 11.3. The standard InChI is InChI=1S/C14H22N2O/c1-5-7-10(3)8-14(17)12-9-11(4)15-16-13(12)6-2/h9-10H,5-8H2,1-4H3. The lowest BCUT2D eigenvalue weighted by atomic mass is 9.95. The Kier molecular flexibility index (Phi) is 5.26. The summed E-state index contributed by atoms with van der Waals surface area (Å²) in [7, 11) is 0. The molecule has 3 heteroatoms. The van der Waals surface area contributed by atoms with E-state index in [2.05, 4.69) is 24.0 Å². The van der Waals surface area contributed by atoms with Gasteiger partial charge < -0.3 is 0 Å². The second-order valence-corrected chi connectivity index (χ2v) is 4.72. The van der Waals surface area contributed by atoms with Crippen LogP contribution >= 0.6 is 0 Å². The normalized spacial score (nSPS) is 12.5. The summed E-state index contributed by atoms with van der Waals surface area (Å²) in [4.78, 5) is 12.2. The van der Waals surface area contributed by atoms with Crippen LogP contribution in [-0.4, -0.2) is 16.0 Å². The predicted octanol–water partition coefficient (Wildman–Crippen LogP) is 3.36. The second kappa shape index (κ2) is 6.48. The summed E-state index contributed by atoms with van der Waals surface area (Å²) in [6.07, 6.45) is 3.61. The minimum atomic E-state index is 0.209. The van der Waals surface area contributed by atoms with E-state index in [1.165, 1.54) is 0 Å². The van der Waals surface area contributed by atoms with Crippen molar-refractivity contribution in [2.24, 2.45) is 5.92 Å². The largest absolute Gasteiger partial charge is 0.294 e. The van der Waals surface area contributed by atoms with Gasteiger partial charge in [0.05, 0.1) is 11.4 Å². The van der Waals surface area contributed by atoms with Crippen LogP contribution in [0.4, 0.5) is 0 Å². The van der Waals surface area contributed by atoms with Crippen molar-refractivity contribution in [1.29, 1.82) is 0 Å². The van der Waals surface area contributed by atoms with Crippen LogP contribution in [-0.2, 0) is 6.42 Å².